The second-order valence-corrected chi connectivity index (χ2v) is 4.96. The Balaban J connectivity index is 2.41. The second-order valence-electron chi connectivity index (χ2n) is 4.96. The minimum Gasteiger partial charge on any atom is -0.292 e. The lowest BCUT2D eigenvalue weighted by Crippen LogP contribution is -2.38. The van der Waals surface area contributed by atoms with Gasteiger partial charge in [0.05, 0.1) is 5.69 Å². The number of hydrogen-bond donors (Lipinski definition) is 1. The maximum atomic E-state index is 4.83. The van der Waals surface area contributed by atoms with Gasteiger partial charge in [0.25, 0.3) is 0 Å². The van der Waals surface area contributed by atoms with Crippen LogP contribution in [0.25, 0.3) is 11.1 Å². The fraction of sp³-hybridized carbons (Fsp3) is 0.412. The van der Waals surface area contributed by atoms with E-state index < -0.39 is 0 Å². The molecule has 0 aliphatic carbocycles. The molecule has 112 valence electrons. The molecular weight excluding hydrogens is 260 g/mol. The SMILES string of the molecule is CCNN(CC)c1ccc(-c2ccnc(C)c2)c(CC)n1. The van der Waals surface area contributed by atoms with Crippen molar-refractivity contribution in [3.05, 3.63) is 41.9 Å². The minimum absolute atomic E-state index is 0.887. The fourth-order valence-corrected chi connectivity index (χ4v) is 2.43. The van der Waals surface area contributed by atoms with Gasteiger partial charge in [-0.1, -0.05) is 13.8 Å². The number of rotatable bonds is 6. The highest BCUT2D eigenvalue weighted by atomic mass is 15.5. The third-order valence-electron chi connectivity index (χ3n) is 3.44. The molecular formula is C17H24N4. The summed E-state index contributed by atoms with van der Waals surface area (Å²) in [5.41, 5.74) is 7.86. The molecule has 2 aromatic rings. The van der Waals surface area contributed by atoms with Gasteiger partial charge in [-0.2, -0.15) is 0 Å². The summed E-state index contributed by atoms with van der Waals surface area (Å²) in [7, 11) is 0. The van der Waals surface area contributed by atoms with E-state index in [0.717, 1.165) is 36.7 Å². The van der Waals surface area contributed by atoms with Crippen LogP contribution in [0.4, 0.5) is 5.82 Å². The molecule has 0 aromatic carbocycles. The Morgan fingerprint density at radius 1 is 1.14 bits per heavy atom. The third kappa shape index (κ3) is 3.58. The van der Waals surface area contributed by atoms with Crippen molar-refractivity contribution in [2.45, 2.75) is 34.1 Å². The standard InChI is InChI=1S/C17H24N4/c1-5-16-15(14-10-11-18-13(4)12-14)8-9-17(20-16)21(7-3)19-6-2/h8-12,19H,5-7H2,1-4H3. The van der Waals surface area contributed by atoms with E-state index in [4.69, 9.17) is 4.98 Å². The van der Waals surface area contributed by atoms with Crippen molar-refractivity contribution in [3.8, 4) is 11.1 Å². The van der Waals surface area contributed by atoms with Crippen molar-refractivity contribution < 1.29 is 0 Å². The predicted molar refractivity (Wildman–Crippen MR) is 88.3 cm³/mol. The van der Waals surface area contributed by atoms with Gasteiger partial charge in [-0.3, -0.25) is 9.99 Å². The Kier molecular flexibility index (Phi) is 5.28. The van der Waals surface area contributed by atoms with Gasteiger partial charge in [0.2, 0.25) is 0 Å². The van der Waals surface area contributed by atoms with Crippen LogP contribution in [0.1, 0.15) is 32.2 Å². The van der Waals surface area contributed by atoms with Crippen molar-refractivity contribution in [1.82, 2.24) is 15.4 Å². The van der Waals surface area contributed by atoms with E-state index >= 15 is 0 Å². The minimum atomic E-state index is 0.887. The van der Waals surface area contributed by atoms with Crippen LogP contribution < -0.4 is 10.4 Å². The summed E-state index contributed by atoms with van der Waals surface area (Å²) in [6, 6.07) is 8.40. The highest BCUT2D eigenvalue weighted by Gasteiger charge is 2.10. The van der Waals surface area contributed by atoms with E-state index in [2.05, 4.69) is 54.4 Å². The number of nitrogens with one attached hydrogen (secondary N) is 1. The first kappa shape index (κ1) is 15.4. The van der Waals surface area contributed by atoms with E-state index in [9.17, 15) is 0 Å². The molecule has 2 aromatic heterocycles. The van der Waals surface area contributed by atoms with Crippen molar-refractivity contribution in [2.75, 3.05) is 18.1 Å². The molecule has 0 fully saturated rings. The summed E-state index contributed by atoms with van der Waals surface area (Å²) >= 11 is 0. The molecule has 0 atom stereocenters. The summed E-state index contributed by atoms with van der Waals surface area (Å²) in [6.07, 6.45) is 2.77. The summed E-state index contributed by atoms with van der Waals surface area (Å²) in [5.74, 6) is 0.978. The zero-order valence-corrected chi connectivity index (χ0v) is 13.3. The predicted octanol–water partition coefficient (Wildman–Crippen LogP) is 3.37. The van der Waals surface area contributed by atoms with Gasteiger partial charge in [-0.25, -0.2) is 10.4 Å². The van der Waals surface area contributed by atoms with E-state index in [1.54, 1.807) is 0 Å². The Hall–Kier alpha value is -1.94. The lowest BCUT2D eigenvalue weighted by atomic mass is 10.0. The molecule has 2 rings (SSSR count). The average molecular weight is 284 g/mol. The van der Waals surface area contributed by atoms with Gasteiger partial charge in [0, 0.05) is 30.5 Å². The van der Waals surface area contributed by atoms with E-state index in [0.29, 0.717) is 0 Å². The van der Waals surface area contributed by atoms with Crippen LogP contribution in [0.5, 0.6) is 0 Å². The Bertz CT molecular complexity index is 595. The molecule has 1 N–H and O–H groups in total. The van der Waals surface area contributed by atoms with Crippen LogP contribution in [-0.4, -0.2) is 23.1 Å². The van der Waals surface area contributed by atoms with Crippen LogP contribution in [0.3, 0.4) is 0 Å². The summed E-state index contributed by atoms with van der Waals surface area (Å²) in [5, 5.41) is 2.08. The number of anilines is 1. The number of hydrazine groups is 1. The van der Waals surface area contributed by atoms with Gasteiger partial charge < -0.3 is 0 Å². The Labute approximate surface area is 127 Å². The number of aromatic nitrogens is 2. The molecule has 0 unspecified atom stereocenters. The largest absolute Gasteiger partial charge is 0.292 e. The average Bonchev–Trinajstić information content (AvgIpc) is 2.52. The first-order valence-electron chi connectivity index (χ1n) is 7.63. The molecule has 0 aliphatic rings. The van der Waals surface area contributed by atoms with Crippen LogP contribution >= 0.6 is 0 Å². The molecule has 0 aliphatic heterocycles. The van der Waals surface area contributed by atoms with Crippen molar-refractivity contribution in [2.24, 2.45) is 0 Å². The first-order valence-corrected chi connectivity index (χ1v) is 7.63. The number of nitrogens with zero attached hydrogens (tertiary/aromatic N) is 3. The lowest BCUT2D eigenvalue weighted by molar-refractivity contribution is 0.653. The zero-order chi connectivity index (χ0) is 15.2. The molecule has 0 saturated heterocycles. The molecule has 0 bridgehead atoms. The van der Waals surface area contributed by atoms with Gasteiger partial charge in [0.1, 0.15) is 5.82 Å². The van der Waals surface area contributed by atoms with E-state index in [1.807, 2.05) is 19.2 Å². The maximum absolute atomic E-state index is 4.83. The van der Waals surface area contributed by atoms with E-state index in [1.165, 1.54) is 11.1 Å². The topological polar surface area (TPSA) is 41.0 Å². The Morgan fingerprint density at radius 2 is 1.95 bits per heavy atom. The molecule has 2 heterocycles. The van der Waals surface area contributed by atoms with Crippen LogP contribution in [-0.2, 0) is 6.42 Å². The van der Waals surface area contributed by atoms with Crippen molar-refractivity contribution in [1.29, 1.82) is 0 Å². The molecule has 0 amide bonds. The summed E-state index contributed by atoms with van der Waals surface area (Å²) in [6.45, 7) is 10.2. The first-order chi connectivity index (χ1) is 10.2. The van der Waals surface area contributed by atoms with Crippen LogP contribution in [0, 0.1) is 6.92 Å². The monoisotopic (exact) mass is 284 g/mol. The summed E-state index contributed by atoms with van der Waals surface area (Å²) in [4.78, 5) is 9.10. The van der Waals surface area contributed by atoms with Gasteiger partial charge in [-0.05, 0) is 50.1 Å². The lowest BCUT2D eigenvalue weighted by Gasteiger charge is -2.23. The third-order valence-corrected chi connectivity index (χ3v) is 3.44. The molecule has 21 heavy (non-hydrogen) atoms. The van der Waals surface area contributed by atoms with Crippen LogP contribution in [0.15, 0.2) is 30.5 Å². The van der Waals surface area contributed by atoms with Gasteiger partial charge >= 0.3 is 0 Å². The number of pyridine rings is 2. The van der Waals surface area contributed by atoms with Gasteiger partial charge in [-0.15, -0.1) is 0 Å². The van der Waals surface area contributed by atoms with Crippen LogP contribution in [0.2, 0.25) is 0 Å². The molecule has 0 radical (unpaired) electrons. The quantitative estimate of drug-likeness (QED) is 0.826. The number of hydrogen-bond acceptors (Lipinski definition) is 4. The fourth-order valence-electron chi connectivity index (χ4n) is 2.43. The van der Waals surface area contributed by atoms with E-state index in [-0.39, 0.29) is 0 Å². The highest BCUT2D eigenvalue weighted by molar-refractivity contribution is 5.67. The molecule has 4 heteroatoms. The normalized spacial score (nSPS) is 10.7. The zero-order valence-electron chi connectivity index (χ0n) is 13.3. The summed E-state index contributed by atoms with van der Waals surface area (Å²) < 4.78 is 0. The smallest absolute Gasteiger partial charge is 0.143 e. The highest BCUT2D eigenvalue weighted by Crippen LogP contribution is 2.25. The molecule has 4 nitrogen and oxygen atoms in total. The van der Waals surface area contributed by atoms with Crippen molar-refractivity contribution in [3.63, 3.8) is 0 Å². The second kappa shape index (κ2) is 7.18. The Morgan fingerprint density at radius 3 is 2.57 bits per heavy atom. The van der Waals surface area contributed by atoms with Crippen molar-refractivity contribution >= 4 is 5.82 Å². The van der Waals surface area contributed by atoms with Gasteiger partial charge in [0.15, 0.2) is 0 Å². The maximum Gasteiger partial charge on any atom is 0.143 e. The molecule has 0 saturated carbocycles. The molecule has 0 spiro atoms. The number of aryl methyl sites for hydroxylation is 2.